The molecule has 1 aliphatic rings. The van der Waals surface area contributed by atoms with Crippen LogP contribution in [0.3, 0.4) is 0 Å². The maximum atomic E-state index is 10.5. The Balaban J connectivity index is 0.000000324. The lowest BCUT2D eigenvalue weighted by Gasteiger charge is -2.28. The standard InChI is InChI=1S/C32H33N5O.C7H8O3S/c33-31-30-29(26-10-7-13-28(20-26)38-22-24-8-3-1-4-9-24)36-32(37(30)19-18-34-31)25-16-14-23(15-17-25)21-35-27-11-5-2-6-12-27;1-6-2-4-7(5-3-6)11(8,9)10/h1-13,18-20,23,25,35H,14-17,21-22H2,(H2,33,34);2-5H,1H3,(H,8,9,10). The molecule has 0 atom stereocenters. The van der Waals surface area contributed by atoms with Crippen molar-refractivity contribution in [3.05, 3.63) is 139 Å². The van der Waals surface area contributed by atoms with E-state index in [0.717, 1.165) is 58.9 Å². The highest BCUT2D eigenvalue weighted by Crippen LogP contribution is 2.39. The molecule has 6 aromatic rings. The highest BCUT2D eigenvalue weighted by molar-refractivity contribution is 7.85. The van der Waals surface area contributed by atoms with Gasteiger partial charge in [-0.15, -0.1) is 0 Å². The SMILES string of the molecule is Cc1ccc(S(=O)(=O)O)cc1.Nc1nccn2c(C3CCC(CNc4ccccc4)CC3)nc(-c3cccc(OCc4ccccc4)c3)c12. The topological polar surface area (TPSA) is 132 Å². The fourth-order valence-corrected chi connectivity index (χ4v) is 6.68. The Bertz CT molecular complexity index is 2080. The third kappa shape index (κ3) is 8.65. The van der Waals surface area contributed by atoms with Gasteiger partial charge in [-0.25, -0.2) is 9.97 Å². The van der Waals surface area contributed by atoms with E-state index in [2.05, 4.69) is 63.2 Å². The molecule has 49 heavy (non-hydrogen) atoms. The molecule has 252 valence electrons. The molecule has 1 aliphatic carbocycles. The van der Waals surface area contributed by atoms with E-state index in [1.807, 2.05) is 49.5 Å². The Morgan fingerprint density at radius 1 is 0.898 bits per heavy atom. The molecule has 0 amide bonds. The first-order chi connectivity index (χ1) is 23.7. The molecule has 0 aliphatic heterocycles. The quantitative estimate of drug-likeness (QED) is 0.131. The summed E-state index contributed by atoms with van der Waals surface area (Å²) < 4.78 is 37.8. The number of nitrogens with one attached hydrogen (secondary N) is 1. The summed E-state index contributed by atoms with van der Waals surface area (Å²) in [5.41, 5.74) is 12.4. The molecule has 1 saturated carbocycles. The van der Waals surface area contributed by atoms with Crippen LogP contribution in [0.15, 0.2) is 126 Å². The predicted octanol–water partition coefficient (Wildman–Crippen LogP) is 8.19. The number of ether oxygens (including phenoxy) is 1. The molecule has 0 radical (unpaired) electrons. The Morgan fingerprint density at radius 2 is 1.59 bits per heavy atom. The Morgan fingerprint density at radius 3 is 2.29 bits per heavy atom. The van der Waals surface area contributed by atoms with E-state index in [1.165, 1.54) is 30.7 Å². The third-order valence-electron chi connectivity index (χ3n) is 8.87. The number of anilines is 2. The summed E-state index contributed by atoms with van der Waals surface area (Å²) in [7, 11) is -4.02. The van der Waals surface area contributed by atoms with E-state index in [0.29, 0.717) is 24.3 Å². The zero-order chi connectivity index (χ0) is 34.2. The number of imidazole rings is 1. The summed E-state index contributed by atoms with van der Waals surface area (Å²) in [5.74, 6) is 3.44. The van der Waals surface area contributed by atoms with Gasteiger partial charge in [0, 0.05) is 36.1 Å². The number of nitrogens with two attached hydrogens (primary N) is 1. The van der Waals surface area contributed by atoms with Crippen molar-refractivity contribution in [3.8, 4) is 17.0 Å². The van der Waals surface area contributed by atoms with Crippen LogP contribution in [0.1, 0.15) is 48.6 Å². The molecular weight excluding hydrogens is 635 g/mol. The summed E-state index contributed by atoms with van der Waals surface area (Å²) in [6, 6.07) is 34.8. The minimum Gasteiger partial charge on any atom is -0.489 e. The van der Waals surface area contributed by atoms with Gasteiger partial charge in [0.15, 0.2) is 0 Å². The molecule has 0 bridgehead atoms. The Labute approximate surface area is 287 Å². The number of para-hydroxylation sites is 1. The molecule has 10 heteroatoms. The molecule has 2 aromatic heterocycles. The van der Waals surface area contributed by atoms with Crippen molar-refractivity contribution >= 4 is 27.1 Å². The molecular formula is C39H41N5O4S. The van der Waals surface area contributed by atoms with Gasteiger partial charge in [-0.2, -0.15) is 8.42 Å². The fourth-order valence-electron chi connectivity index (χ4n) is 6.20. The van der Waals surface area contributed by atoms with Crippen LogP contribution in [-0.2, 0) is 16.7 Å². The second-order valence-corrected chi connectivity index (χ2v) is 13.8. The average Bonchev–Trinajstić information content (AvgIpc) is 3.52. The van der Waals surface area contributed by atoms with Crippen LogP contribution in [0.2, 0.25) is 0 Å². The molecule has 9 nitrogen and oxygen atoms in total. The summed E-state index contributed by atoms with van der Waals surface area (Å²) >= 11 is 0. The van der Waals surface area contributed by atoms with Crippen LogP contribution in [0.5, 0.6) is 5.75 Å². The van der Waals surface area contributed by atoms with Gasteiger partial charge in [-0.1, -0.05) is 78.4 Å². The van der Waals surface area contributed by atoms with Crippen LogP contribution in [0.25, 0.3) is 16.8 Å². The highest BCUT2D eigenvalue weighted by Gasteiger charge is 2.27. The van der Waals surface area contributed by atoms with Gasteiger partial charge in [0.2, 0.25) is 0 Å². The lowest BCUT2D eigenvalue weighted by atomic mass is 9.81. The second kappa shape index (κ2) is 15.4. The molecule has 0 saturated heterocycles. The van der Waals surface area contributed by atoms with Gasteiger partial charge in [0.25, 0.3) is 10.1 Å². The zero-order valence-electron chi connectivity index (χ0n) is 27.4. The highest BCUT2D eigenvalue weighted by atomic mass is 32.2. The van der Waals surface area contributed by atoms with Crippen molar-refractivity contribution in [1.29, 1.82) is 0 Å². The van der Waals surface area contributed by atoms with E-state index >= 15 is 0 Å². The lowest BCUT2D eigenvalue weighted by molar-refractivity contribution is 0.306. The monoisotopic (exact) mass is 675 g/mol. The minimum atomic E-state index is -4.02. The van der Waals surface area contributed by atoms with Crippen molar-refractivity contribution in [2.45, 2.75) is 50.0 Å². The number of fused-ring (bicyclic) bond motifs is 1. The number of nitrogens with zero attached hydrogens (tertiary/aromatic N) is 3. The van der Waals surface area contributed by atoms with Crippen molar-refractivity contribution in [1.82, 2.24) is 14.4 Å². The van der Waals surface area contributed by atoms with E-state index in [4.69, 9.17) is 20.0 Å². The van der Waals surface area contributed by atoms with Gasteiger partial charge in [-0.05, 0) is 80.5 Å². The third-order valence-corrected chi connectivity index (χ3v) is 9.73. The van der Waals surface area contributed by atoms with Crippen molar-refractivity contribution in [2.75, 3.05) is 17.6 Å². The number of aromatic nitrogens is 3. The second-order valence-electron chi connectivity index (χ2n) is 12.4. The normalized spacial score (nSPS) is 16.0. The maximum Gasteiger partial charge on any atom is 0.294 e. The zero-order valence-corrected chi connectivity index (χ0v) is 28.3. The molecule has 0 spiro atoms. The van der Waals surface area contributed by atoms with Crippen molar-refractivity contribution in [3.63, 3.8) is 0 Å². The van der Waals surface area contributed by atoms with Gasteiger partial charge in [0.1, 0.15) is 35.2 Å². The summed E-state index contributed by atoms with van der Waals surface area (Å²) in [4.78, 5) is 9.52. The van der Waals surface area contributed by atoms with Gasteiger partial charge < -0.3 is 15.8 Å². The summed E-state index contributed by atoms with van der Waals surface area (Å²) in [5, 5.41) is 3.60. The van der Waals surface area contributed by atoms with Crippen molar-refractivity contribution < 1.29 is 17.7 Å². The summed E-state index contributed by atoms with van der Waals surface area (Å²) in [6.07, 6.45) is 8.35. The van der Waals surface area contributed by atoms with E-state index in [1.54, 1.807) is 18.3 Å². The first-order valence-electron chi connectivity index (χ1n) is 16.5. The number of rotatable bonds is 9. The van der Waals surface area contributed by atoms with Crippen LogP contribution in [-0.4, -0.2) is 33.9 Å². The Kier molecular flexibility index (Phi) is 10.6. The number of benzene rings is 4. The van der Waals surface area contributed by atoms with E-state index in [9.17, 15) is 8.42 Å². The molecule has 7 rings (SSSR count). The largest absolute Gasteiger partial charge is 0.489 e. The van der Waals surface area contributed by atoms with E-state index in [-0.39, 0.29) is 4.90 Å². The van der Waals surface area contributed by atoms with Crippen LogP contribution in [0.4, 0.5) is 11.5 Å². The number of aryl methyl sites for hydroxylation is 1. The van der Waals surface area contributed by atoms with E-state index < -0.39 is 10.1 Å². The number of nitrogen functional groups attached to an aromatic ring is 1. The van der Waals surface area contributed by atoms with Gasteiger partial charge in [-0.3, -0.25) is 8.95 Å². The lowest BCUT2D eigenvalue weighted by Crippen LogP contribution is -2.21. The van der Waals surface area contributed by atoms with Crippen LogP contribution in [0, 0.1) is 12.8 Å². The smallest absolute Gasteiger partial charge is 0.294 e. The minimum absolute atomic E-state index is 0.0666. The number of hydrogen-bond acceptors (Lipinski definition) is 7. The molecule has 4 aromatic carbocycles. The van der Waals surface area contributed by atoms with Crippen molar-refractivity contribution in [2.24, 2.45) is 5.92 Å². The molecule has 2 heterocycles. The average molecular weight is 676 g/mol. The summed E-state index contributed by atoms with van der Waals surface area (Å²) in [6.45, 7) is 3.37. The first kappa shape index (κ1) is 33.7. The fraction of sp³-hybridized carbons (Fsp3) is 0.231. The number of hydrogen-bond donors (Lipinski definition) is 3. The molecule has 4 N–H and O–H groups in total. The maximum absolute atomic E-state index is 10.5. The van der Waals surface area contributed by atoms with Crippen LogP contribution >= 0.6 is 0 Å². The van der Waals surface area contributed by atoms with Gasteiger partial charge in [0.05, 0.1) is 4.90 Å². The molecule has 1 fully saturated rings. The first-order valence-corrected chi connectivity index (χ1v) is 17.9. The van der Waals surface area contributed by atoms with Gasteiger partial charge >= 0.3 is 0 Å². The van der Waals surface area contributed by atoms with Crippen LogP contribution < -0.4 is 15.8 Å². The predicted molar refractivity (Wildman–Crippen MR) is 194 cm³/mol. The Hall–Kier alpha value is -5.19. The molecule has 0 unspecified atom stereocenters.